The number of nitro benzene ring substituents is 1. The van der Waals surface area contributed by atoms with E-state index in [2.05, 4.69) is 0 Å². The molecule has 2 aliphatic rings. The van der Waals surface area contributed by atoms with Crippen LogP contribution < -0.4 is 4.90 Å². The van der Waals surface area contributed by atoms with Gasteiger partial charge in [-0.15, -0.1) is 0 Å². The summed E-state index contributed by atoms with van der Waals surface area (Å²) >= 11 is 5.91. The van der Waals surface area contributed by atoms with Crippen LogP contribution >= 0.6 is 11.6 Å². The average Bonchev–Trinajstić information content (AvgIpc) is 3.33. The molecule has 0 radical (unpaired) electrons. The first-order valence-corrected chi connectivity index (χ1v) is 10.6. The van der Waals surface area contributed by atoms with Crippen molar-refractivity contribution in [3.05, 3.63) is 57.5 Å². The van der Waals surface area contributed by atoms with E-state index in [4.69, 9.17) is 16.0 Å². The van der Waals surface area contributed by atoms with Crippen molar-refractivity contribution in [3.8, 4) is 0 Å². The lowest BCUT2D eigenvalue weighted by Crippen LogP contribution is -2.53. The van der Waals surface area contributed by atoms with Gasteiger partial charge < -0.3 is 19.1 Å². The molecule has 1 aromatic heterocycles. The van der Waals surface area contributed by atoms with Crippen molar-refractivity contribution in [1.29, 1.82) is 0 Å². The number of rotatable bonds is 4. The molecule has 0 aliphatic carbocycles. The molecule has 0 N–H and O–H groups in total. The predicted molar refractivity (Wildman–Crippen MR) is 114 cm³/mol. The second kappa shape index (κ2) is 8.97. The standard InChI is InChI=1S/C21H23ClN4O5/c22-16-5-6-17(18(13-16)26(29)30)23-8-10-24(11-9-23)20(27)15-3-1-7-25(14-15)21(28)19-4-2-12-31-19/h2,4-6,12-13,15H,1,3,7-11,14H2. The second-order valence-corrected chi connectivity index (χ2v) is 8.21. The number of nitrogens with zero attached hydrogens (tertiary/aromatic N) is 4. The highest BCUT2D eigenvalue weighted by Crippen LogP contribution is 2.32. The Kier molecular flexibility index (Phi) is 6.13. The summed E-state index contributed by atoms with van der Waals surface area (Å²) in [5.41, 5.74) is 0.473. The molecule has 9 nitrogen and oxygen atoms in total. The largest absolute Gasteiger partial charge is 0.459 e. The van der Waals surface area contributed by atoms with Crippen LogP contribution in [0, 0.1) is 16.0 Å². The molecule has 2 amide bonds. The molecule has 4 rings (SSSR count). The molecule has 164 valence electrons. The number of carbonyl (C=O) groups is 2. The van der Waals surface area contributed by atoms with Gasteiger partial charge in [0.25, 0.3) is 11.6 Å². The maximum Gasteiger partial charge on any atom is 0.294 e. The molecule has 31 heavy (non-hydrogen) atoms. The van der Waals surface area contributed by atoms with Gasteiger partial charge in [-0.3, -0.25) is 19.7 Å². The summed E-state index contributed by atoms with van der Waals surface area (Å²) in [6.45, 7) is 2.92. The molecule has 0 spiro atoms. The number of furan rings is 1. The van der Waals surface area contributed by atoms with E-state index in [9.17, 15) is 19.7 Å². The normalized spacial score (nSPS) is 19.4. The highest BCUT2D eigenvalue weighted by molar-refractivity contribution is 6.30. The third-order valence-electron chi connectivity index (χ3n) is 5.86. The van der Waals surface area contributed by atoms with Gasteiger partial charge >= 0.3 is 0 Å². The number of halogens is 1. The molecule has 3 heterocycles. The summed E-state index contributed by atoms with van der Waals surface area (Å²) in [4.78, 5) is 42.0. The lowest BCUT2D eigenvalue weighted by atomic mass is 9.96. The van der Waals surface area contributed by atoms with Crippen LogP contribution in [-0.4, -0.2) is 65.8 Å². The van der Waals surface area contributed by atoms with Crippen molar-refractivity contribution in [2.45, 2.75) is 12.8 Å². The SMILES string of the molecule is O=C(c1ccco1)N1CCCC(C(=O)N2CCN(c3ccc(Cl)cc3[N+](=O)[O-])CC2)C1. The van der Waals surface area contributed by atoms with Gasteiger partial charge in [0.15, 0.2) is 5.76 Å². The minimum Gasteiger partial charge on any atom is -0.459 e. The van der Waals surface area contributed by atoms with Crippen molar-refractivity contribution in [3.63, 3.8) is 0 Å². The molecule has 1 aromatic carbocycles. The molecule has 2 fully saturated rings. The predicted octanol–water partition coefficient (Wildman–Crippen LogP) is 3.04. The van der Waals surface area contributed by atoms with Crippen molar-refractivity contribution in [1.82, 2.24) is 9.80 Å². The van der Waals surface area contributed by atoms with Gasteiger partial charge in [-0.25, -0.2) is 0 Å². The maximum atomic E-state index is 13.1. The fraction of sp³-hybridized carbons (Fsp3) is 0.429. The molecule has 1 unspecified atom stereocenters. The Morgan fingerprint density at radius 1 is 1.10 bits per heavy atom. The molecule has 0 bridgehead atoms. The zero-order chi connectivity index (χ0) is 22.0. The first kappa shape index (κ1) is 21.2. The van der Waals surface area contributed by atoms with E-state index in [1.807, 2.05) is 4.90 Å². The van der Waals surface area contributed by atoms with Crippen molar-refractivity contribution in [2.24, 2.45) is 5.92 Å². The van der Waals surface area contributed by atoms with Gasteiger partial charge in [-0.1, -0.05) is 11.6 Å². The molecule has 1 atom stereocenters. The highest BCUT2D eigenvalue weighted by Gasteiger charge is 2.34. The molecule has 2 saturated heterocycles. The van der Waals surface area contributed by atoms with Crippen molar-refractivity contribution >= 4 is 34.8 Å². The number of hydrogen-bond donors (Lipinski definition) is 0. The second-order valence-electron chi connectivity index (χ2n) is 7.77. The number of piperazine rings is 1. The van der Waals surface area contributed by atoms with Crippen LogP contribution in [0.15, 0.2) is 41.0 Å². The first-order chi connectivity index (χ1) is 14.9. The summed E-state index contributed by atoms with van der Waals surface area (Å²) in [7, 11) is 0. The summed E-state index contributed by atoms with van der Waals surface area (Å²) in [5.74, 6) is -0.125. The monoisotopic (exact) mass is 446 g/mol. The number of hydrogen-bond acceptors (Lipinski definition) is 6. The molecular formula is C21H23ClN4O5. The molecule has 2 aliphatic heterocycles. The van der Waals surface area contributed by atoms with Crippen molar-refractivity contribution in [2.75, 3.05) is 44.2 Å². The lowest BCUT2D eigenvalue weighted by molar-refractivity contribution is -0.384. The quantitative estimate of drug-likeness (QED) is 0.528. The number of likely N-dealkylation sites (tertiary alicyclic amines) is 1. The number of amides is 2. The zero-order valence-electron chi connectivity index (χ0n) is 16.9. The van der Waals surface area contributed by atoms with Crippen LogP contribution in [0.2, 0.25) is 5.02 Å². The lowest BCUT2D eigenvalue weighted by Gasteiger charge is -2.39. The number of carbonyl (C=O) groups excluding carboxylic acids is 2. The first-order valence-electron chi connectivity index (χ1n) is 10.2. The van der Waals surface area contributed by atoms with Crippen LogP contribution in [0.5, 0.6) is 0 Å². The van der Waals surface area contributed by atoms with E-state index in [0.717, 1.165) is 12.8 Å². The van der Waals surface area contributed by atoms with Gasteiger partial charge in [0.2, 0.25) is 5.91 Å². The summed E-state index contributed by atoms with van der Waals surface area (Å²) in [6.07, 6.45) is 2.97. The fourth-order valence-corrected chi connectivity index (χ4v) is 4.42. The Balaban J connectivity index is 1.37. The average molecular weight is 447 g/mol. The summed E-state index contributed by atoms with van der Waals surface area (Å²) in [5, 5.41) is 11.7. The van der Waals surface area contributed by atoms with E-state index < -0.39 is 4.92 Å². The molecule has 10 heteroatoms. The van der Waals surface area contributed by atoms with Gasteiger partial charge in [0, 0.05) is 50.4 Å². The van der Waals surface area contributed by atoms with Crippen LogP contribution in [0.3, 0.4) is 0 Å². The highest BCUT2D eigenvalue weighted by atomic mass is 35.5. The Morgan fingerprint density at radius 2 is 1.87 bits per heavy atom. The van der Waals surface area contributed by atoms with Gasteiger partial charge in [0.1, 0.15) is 5.69 Å². The van der Waals surface area contributed by atoms with Gasteiger partial charge in [-0.2, -0.15) is 0 Å². The summed E-state index contributed by atoms with van der Waals surface area (Å²) < 4.78 is 5.20. The Morgan fingerprint density at radius 3 is 2.55 bits per heavy atom. The topological polar surface area (TPSA) is 100 Å². The third kappa shape index (κ3) is 4.51. The number of piperidine rings is 1. The fourth-order valence-electron chi connectivity index (χ4n) is 4.26. The number of nitro groups is 1. The van der Waals surface area contributed by atoms with E-state index in [-0.39, 0.29) is 29.2 Å². The Bertz CT molecular complexity index is 972. The summed E-state index contributed by atoms with van der Waals surface area (Å²) in [6, 6.07) is 7.93. The zero-order valence-corrected chi connectivity index (χ0v) is 17.7. The van der Waals surface area contributed by atoms with E-state index in [0.29, 0.717) is 50.0 Å². The number of anilines is 1. The maximum absolute atomic E-state index is 13.1. The number of benzene rings is 1. The molecule has 2 aromatic rings. The van der Waals surface area contributed by atoms with E-state index in [1.165, 1.54) is 12.3 Å². The van der Waals surface area contributed by atoms with Crippen LogP contribution in [-0.2, 0) is 4.79 Å². The van der Waals surface area contributed by atoms with Crippen LogP contribution in [0.4, 0.5) is 11.4 Å². The minimum absolute atomic E-state index is 0.0298. The molecular weight excluding hydrogens is 424 g/mol. The van der Waals surface area contributed by atoms with Crippen LogP contribution in [0.25, 0.3) is 0 Å². The van der Waals surface area contributed by atoms with Gasteiger partial charge in [-0.05, 0) is 37.1 Å². The Labute approximate surface area is 184 Å². The third-order valence-corrected chi connectivity index (χ3v) is 6.09. The van der Waals surface area contributed by atoms with E-state index in [1.54, 1.807) is 34.1 Å². The van der Waals surface area contributed by atoms with Crippen LogP contribution in [0.1, 0.15) is 23.4 Å². The van der Waals surface area contributed by atoms with Crippen molar-refractivity contribution < 1.29 is 18.9 Å². The van der Waals surface area contributed by atoms with E-state index >= 15 is 0 Å². The Hall–Kier alpha value is -3.07. The molecule has 0 saturated carbocycles. The smallest absolute Gasteiger partial charge is 0.294 e. The minimum atomic E-state index is -0.439. The van der Waals surface area contributed by atoms with Gasteiger partial charge in [0.05, 0.1) is 17.1 Å².